The Morgan fingerprint density at radius 2 is 1.33 bits per heavy atom. The number of alkyl carbamates (subject to hydrolysis) is 1. The second-order valence-corrected chi connectivity index (χ2v) is 8.35. The molecule has 1 heterocycles. The number of amides is 3. The Bertz CT molecular complexity index is 469. The molecule has 0 atom stereocenters. The Hall–Kier alpha value is -1.79. The highest BCUT2D eigenvalue weighted by atomic mass is 16.6. The fourth-order valence-corrected chi connectivity index (χ4v) is 2.34. The van der Waals surface area contributed by atoms with Crippen LogP contribution in [0.15, 0.2) is 0 Å². The summed E-state index contributed by atoms with van der Waals surface area (Å²) < 4.78 is 5.10. The predicted octanol–water partition coefficient (Wildman–Crippen LogP) is 1.62. The molecule has 1 rings (SSSR count). The lowest BCUT2D eigenvalue weighted by Gasteiger charge is -2.36. The summed E-state index contributed by atoms with van der Waals surface area (Å²) >= 11 is 0. The van der Waals surface area contributed by atoms with Crippen molar-refractivity contribution < 1.29 is 19.1 Å². The molecule has 0 radical (unpaired) electrons. The first-order chi connectivity index (χ1) is 10.9. The molecule has 0 unspecified atom stereocenters. The van der Waals surface area contributed by atoms with E-state index in [0.29, 0.717) is 32.6 Å². The molecular formula is C17H31N3O4. The zero-order valence-corrected chi connectivity index (χ0v) is 15.8. The van der Waals surface area contributed by atoms with Gasteiger partial charge in [-0.3, -0.25) is 9.59 Å². The maximum Gasteiger partial charge on any atom is 0.408 e. The van der Waals surface area contributed by atoms with Crippen LogP contribution in [0.1, 0.15) is 48.0 Å². The number of carbonyl (C=O) groups excluding carboxylic acids is 3. The number of nitrogens with one attached hydrogen (secondary N) is 1. The van der Waals surface area contributed by atoms with E-state index in [-0.39, 0.29) is 23.8 Å². The second-order valence-electron chi connectivity index (χ2n) is 8.35. The minimum atomic E-state index is -0.602. The third-order valence-corrected chi connectivity index (χ3v) is 3.45. The van der Waals surface area contributed by atoms with Crippen molar-refractivity contribution in [2.45, 2.75) is 53.6 Å². The van der Waals surface area contributed by atoms with E-state index in [1.807, 2.05) is 20.8 Å². The minimum Gasteiger partial charge on any atom is -0.444 e. The topological polar surface area (TPSA) is 79.0 Å². The fraction of sp³-hybridized carbons (Fsp3) is 0.824. The van der Waals surface area contributed by atoms with Crippen molar-refractivity contribution in [3.8, 4) is 0 Å². The molecule has 1 fully saturated rings. The van der Waals surface area contributed by atoms with Gasteiger partial charge >= 0.3 is 6.09 Å². The number of carbonyl (C=O) groups is 3. The van der Waals surface area contributed by atoms with E-state index >= 15 is 0 Å². The lowest BCUT2D eigenvalue weighted by Crippen LogP contribution is -2.53. The van der Waals surface area contributed by atoms with Gasteiger partial charge in [0, 0.05) is 32.6 Å². The van der Waals surface area contributed by atoms with Crippen molar-refractivity contribution in [3.05, 3.63) is 0 Å². The highest BCUT2D eigenvalue weighted by molar-refractivity contribution is 5.83. The third-order valence-electron chi connectivity index (χ3n) is 3.45. The minimum absolute atomic E-state index is 0.0403. The zero-order chi connectivity index (χ0) is 18.5. The van der Waals surface area contributed by atoms with Gasteiger partial charge in [-0.2, -0.15) is 0 Å². The van der Waals surface area contributed by atoms with Gasteiger partial charge in [0.15, 0.2) is 0 Å². The van der Waals surface area contributed by atoms with E-state index < -0.39 is 11.7 Å². The molecule has 0 aromatic heterocycles. The smallest absolute Gasteiger partial charge is 0.408 e. The first-order valence-corrected chi connectivity index (χ1v) is 8.40. The molecule has 7 heteroatoms. The average molecular weight is 341 g/mol. The maximum atomic E-state index is 12.2. The summed E-state index contributed by atoms with van der Waals surface area (Å²) in [7, 11) is 0. The molecule has 0 bridgehead atoms. The van der Waals surface area contributed by atoms with Gasteiger partial charge < -0.3 is 19.9 Å². The Labute approximate surface area is 144 Å². The van der Waals surface area contributed by atoms with Crippen molar-refractivity contribution in [2.75, 3.05) is 32.7 Å². The molecule has 0 saturated carbocycles. The molecule has 1 aliphatic rings. The molecule has 0 aliphatic carbocycles. The van der Waals surface area contributed by atoms with Crippen LogP contribution in [0, 0.1) is 5.41 Å². The van der Waals surface area contributed by atoms with E-state index in [9.17, 15) is 14.4 Å². The molecule has 0 spiro atoms. The van der Waals surface area contributed by atoms with Crippen LogP contribution in [0.25, 0.3) is 0 Å². The maximum absolute atomic E-state index is 12.2. The van der Waals surface area contributed by atoms with Crippen molar-refractivity contribution in [1.82, 2.24) is 15.1 Å². The third kappa shape index (κ3) is 7.66. The average Bonchev–Trinajstić information content (AvgIpc) is 2.41. The molecule has 1 saturated heterocycles. The van der Waals surface area contributed by atoms with Crippen molar-refractivity contribution in [1.29, 1.82) is 0 Å². The lowest BCUT2D eigenvalue weighted by molar-refractivity contribution is -0.140. The number of hydrogen-bond acceptors (Lipinski definition) is 4. The van der Waals surface area contributed by atoms with Crippen LogP contribution in [0.2, 0.25) is 0 Å². The largest absolute Gasteiger partial charge is 0.444 e. The van der Waals surface area contributed by atoms with Crippen molar-refractivity contribution in [2.24, 2.45) is 5.41 Å². The van der Waals surface area contributed by atoms with Gasteiger partial charge in [-0.25, -0.2) is 4.79 Å². The Kier molecular flexibility index (Phi) is 6.63. The number of ether oxygens (including phenoxy) is 1. The summed E-state index contributed by atoms with van der Waals surface area (Å²) in [6.07, 6.45) is -0.101. The highest BCUT2D eigenvalue weighted by Crippen LogP contribution is 2.20. The van der Waals surface area contributed by atoms with Crippen molar-refractivity contribution in [3.63, 3.8) is 0 Å². The molecule has 0 aromatic carbocycles. The van der Waals surface area contributed by atoms with E-state index in [1.54, 1.807) is 30.6 Å². The molecule has 3 amide bonds. The molecular weight excluding hydrogens is 310 g/mol. The zero-order valence-electron chi connectivity index (χ0n) is 15.8. The van der Waals surface area contributed by atoms with Crippen LogP contribution in [0.3, 0.4) is 0 Å². The fourth-order valence-electron chi connectivity index (χ4n) is 2.34. The summed E-state index contributed by atoms with van der Waals surface area (Å²) in [5.41, 5.74) is -0.631. The first-order valence-electron chi connectivity index (χ1n) is 8.40. The van der Waals surface area contributed by atoms with Gasteiger partial charge in [-0.1, -0.05) is 20.8 Å². The van der Waals surface area contributed by atoms with Crippen molar-refractivity contribution >= 4 is 17.9 Å². The second kappa shape index (κ2) is 7.85. The van der Waals surface area contributed by atoms with E-state index in [1.165, 1.54) is 0 Å². The Balaban J connectivity index is 2.35. The van der Waals surface area contributed by atoms with Gasteiger partial charge in [0.1, 0.15) is 12.1 Å². The van der Waals surface area contributed by atoms with Crippen LogP contribution >= 0.6 is 0 Å². The van der Waals surface area contributed by atoms with Gasteiger partial charge in [0.2, 0.25) is 11.8 Å². The first kappa shape index (κ1) is 20.3. The summed E-state index contributed by atoms with van der Waals surface area (Å²) in [5, 5.41) is 2.47. The predicted molar refractivity (Wildman–Crippen MR) is 91.5 cm³/mol. The van der Waals surface area contributed by atoms with Crippen LogP contribution < -0.4 is 5.32 Å². The SMILES string of the molecule is CC(C)(C)CC(=O)N1CCN(C(=O)CNC(=O)OC(C)(C)C)CC1. The quantitative estimate of drug-likeness (QED) is 0.846. The lowest BCUT2D eigenvalue weighted by atomic mass is 9.91. The van der Waals surface area contributed by atoms with E-state index in [0.717, 1.165) is 0 Å². The van der Waals surface area contributed by atoms with Gasteiger partial charge in [-0.05, 0) is 26.2 Å². The van der Waals surface area contributed by atoms with Crippen LogP contribution in [-0.4, -0.2) is 66.0 Å². The molecule has 1 N–H and O–H groups in total. The van der Waals surface area contributed by atoms with E-state index in [2.05, 4.69) is 5.32 Å². The van der Waals surface area contributed by atoms with Crippen LogP contribution in [-0.2, 0) is 14.3 Å². The number of piperazine rings is 1. The van der Waals surface area contributed by atoms with Gasteiger partial charge in [0.05, 0.1) is 0 Å². The highest BCUT2D eigenvalue weighted by Gasteiger charge is 2.27. The van der Waals surface area contributed by atoms with Crippen LogP contribution in [0.5, 0.6) is 0 Å². The van der Waals surface area contributed by atoms with Crippen LogP contribution in [0.4, 0.5) is 4.79 Å². The Morgan fingerprint density at radius 1 is 0.875 bits per heavy atom. The number of hydrogen-bond donors (Lipinski definition) is 1. The molecule has 24 heavy (non-hydrogen) atoms. The number of rotatable bonds is 3. The normalized spacial score (nSPS) is 15.9. The van der Waals surface area contributed by atoms with Gasteiger partial charge in [-0.15, -0.1) is 0 Å². The Morgan fingerprint density at radius 3 is 1.75 bits per heavy atom. The van der Waals surface area contributed by atoms with Gasteiger partial charge in [0.25, 0.3) is 0 Å². The molecule has 0 aromatic rings. The summed E-state index contributed by atoms with van der Waals surface area (Å²) in [5.74, 6) is -0.0368. The summed E-state index contributed by atoms with van der Waals surface area (Å²) in [6.45, 7) is 13.4. The molecule has 1 aliphatic heterocycles. The molecule has 138 valence electrons. The summed E-state index contributed by atoms with van der Waals surface area (Å²) in [6, 6.07) is 0. The van der Waals surface area contributed by atoms with E-state index in [4.69, 9.17) is 4.74 Å². The monoisotopic (exact) mass is 341 g/mol. The standard InChI is InChI=1S/C17H31N3O4/c1-16(2,3)11-13(21)19-7-9-20(10-8-19)14(22)12-18-15(23)24-17(4,5)6/h7-12H2,1-6H3,(H,18,23). The molecule has 7 nitrogen and oxygen atoms in total. The number of nitrogens with zero attached hydrogens (tertiary/aromatic N) is 2. The summed E-state index contributed by atoms with van der Waals surface area (Å²) in [4.78, 5) is 39.3.